The van der Waals surface area contributed by atoms with Crippen molar-refractivity contribution in [2.24, 2.45) is 11.1 Å². The Morgan fingerprint density at radius 1 is 1.47 bits per heavy atom. The summed E-state index contributed by atoms with van der Waals surface area (Å²) in [7, 11) is 1.88. The Hall–Kier alpha value is -0.610. The van der Waals surface area contributed by atoms with Crippen molar-refractivity contribution in [2.45, 2.75) is 52.2 Å². The van der Waals surface area contributed by atoms with Gasteiger partial charge in [-0.25, -0.2) is 0 Å². The number of hydrogen-bond acceptors (Lipinski definition) is 3. The minimum absolute atomic E-state index is 0.133. The first-order valence-electron chi connectivity index (χ1n) is 6.61. The van der Waals surface area contributed by atoms with Gasteiger partial charge in [0.25, 0.3) is 0 Å². The van der Waals surface area contributed by atoms with E-state index in [-0.39, 0.29) is 18.1 Å². The van der Waals surface area contributed by atoms with E-state index in [9.17, 15) is 4.79 Å². The predicted octanol–water partition coefficient (Wildman–Crippen LogP) is 1.39. The van der Waals surface area contributed by atoms with Crippen LogP contribution in [0, 0.1) is 5.41 Å². The molecule has 4 heteroatoms. The molecule has 0 saturated carbocycles. The van der Waals surface area contributed by atoms with E-state index in [0.29, 0.717) is 6.54 Å². The molecular formula is C13H26N2O2. The number of hydrogen-bond donors (Lipinski definition) is 1. The Morgan fingerprint density at radius 3 is 2.41 bits per heavy atom. The number of carbonyl (C=O) groups is 1. The lowest BCUT2D eigenvalue weighted by atomic mass is 9.80. The summed E-state index contributed by atoms with van der Waals surface area (Å²) in [5.74, 6) is 0.173. The molecule has 2 atom stereocenters. The molecule has 1 saturated heterocycles. The van der Waals surface area contributed by atoms with Crippen LogP contribution in [-0.2, 0) is 9.53 Å². The number of carbonyl (C=O) groups excluding carboxylic acids is 1. The fourth-order valence-electron chi connectivity index (χ4n) is 2.68. The van der Waals surface area contributed by atoms with E-state index in [1.54, 1.807) is 0 Å². The van der Waals surface area contributed by atoms with E-state index < -0.39 is 5.41 Å². The largest absolute Gasteiger partial charge is 0.376 e. The third-order valence-electron chi connectivity index (χ3n) is 4.35. The highest BCUT2D eigenvalue weighted by atomic mass is 16.5. The first kappa shape index (κ1) is 14.5. The van der Waals surface area contributed by atoms with Crippen molar-refractivity contribution in [2.75, 3.05) is 20.2 Å². The van der Waals surface area contributed by atoms with E-state index in [1.807, 2.05) is 32.7 Å². The third-order valence-corrected chi connectivity index (χ3v) is 4.35. The van der Waals surface area contributed by atoms with Gasteiger partial charge >= 0.3 is 0 Å². The number of amides is 1. The Bertz CT molecular complexity index is 256. The molecule has 0 bridgehead atoms. The van der Waals surface area contributed by atoms with E-state index in [4.69, 9.17) is 10.5 Å². The second-order valence-electron chi connectivity index (χ2n) is 5.04. The molecule has 0 spiro atoms. The van der Waals surface area contributed by atoms with Gasteiger partial charge in [0, 0.05) is 20.2 Å². The molecule has 1 rings (SSSR count). The van der Waals surface area contributed by atoms with Gasteiger partial charge in [-0.1, -0.05) is 13.8 Å². The van der Waals surface area contributed by atoms with Crippen molar-refractivity contribution in [3.05, 3.63) is 0 Å². The Morgan fingerprint density at radius 2 is 2.06 bits per heavy atom. The summed E-state index contributed by atoms with van der Waals surface area (Å²) in [5.41, 5.74) is 5.43. The number of rotatable bonds is 5. The zero-order valence-electron chi connectivity index (χ0n) is 11.5. The fourth-order valence-corrected chi connectivity index (χ4v) is 2.68. The molecule has 0 aliphatic carbocycles. The lowest BCUT2D eigenvalue weighted by Gasteiger charge is -2.37. The number of nitrogens with zero attached hydrogens (tertiary/aromatic N) is 1. The van der Waals surface area contributed by atoms with Crippen LogP contribution in [-0.4, -0.2) is 43.2 Å². The van der Waals surface area contributed by atoms with Crippen molar-refractivity contribution in [1.29, 1.82) is 0 Å². The molecule has 4 nitrogen and oxygen atoms in total. The van der Waals surface area contributed by atoms with Crippen molar-refractivity contribution < 1.29 is 9.53 Å². The average Bonchev–Trinajstić information content (AvgIpc) is 2.77. The van der Waals surface area contributed by atoms with Crippen LogP contribution >= 0.6 is 0 Å². The third kappa shape index (κ3) is 2.63. The minimum atomic E-state index is -0.392. The van der Waals surface area contributed by atoms with Crippen LogP contribution in [0.2, 0.25) is 0 Å². The second-order valence-corrected chi connectivity index (χ2v) is 5.04. The minimum Gasteiger partial charge on any atom is -0.376 e. The van der Waals surface area contributed by atoms with Crippen LogP contribution in [0.15, 0.2) is 0 Å². The highest BCUT2D eigenvalue weighted by Crippen LogP contribution is 2.30. The summed E-state index contributed by atoms with van der Waals surface area (Å²) in [6.07, 6.45) is 2.65. The van der Waals surface area contributed by atoms with Crippen molar-refractivity contribution in [3.63, 3.8) is 0 Å². The Balaban J connectivity index is 2.80. The van der Waals surface area contributed by atoms with Gasteiger partial charge in [-0.05, 0) is 26.2 Å². The zero-order chi connectivity index (χ0) is 13.1. The van der Waals surface area contributed by atoms with Crippen LogP contribution < -0.4 is 5.73 Å². The Kier molecular flexibility index (Phi) is 4.95. The van der Waals surface area contributed by atoms with E-state index >= 15 is 0 Å². The predicted molar refractivity (Wildman–Crippen MR) is 68.7 cm³/mol. The van der Waals surface area contributed by atoms with Gasteiger partial charge in [0.2, 0.25) is 5.91 Å². The van der Waals surface area contributed by atoms with E-state index in [1.165, 1.54) is 0 Å². The molecule has 100 valence electrons. The number of likely N-dealkylation sites (N-methyl/N-ethyl adjacent to an activating group) is 1. The highest BCUT2D eigenvalue weighted by molar-refractivity contribution is 5.83. The van der Waals surface area contributed by atoms with Crippen molar-refractivity contribution in [1.82, 2.24) is 4.90 Å². The molecule has 0 aromatic heterocycles. The van der Waals surface area contributed by atoms with Crippen LogP contribution in [0.4, 0.5) is 0 Å². The maximum absolute atomic E-state index is 12.6. The molecule has 1 aliphatic rings. The quantitative estimate of drug-likeness (QED) is 0.792. The second kappa shape index (κ2) is 5.83. The van der Waals surface area contributed by atoms with Gasteiger partial charge in [0.1, 0.15) is 0 Å². The van der Waals surface area contributed by atoms with Gasteiger partial charge in [0.05, 0.1) is 17.6 Å². The maximum Gasteiger partial charge on any atom is 0.230 e. The molecule has 2 unspecified atom stereocenters. The molecule has 1 aliphatic heterocycles. The fraction of sp³-hybridized carbons (Fsp3) is 0.923. The zero-order valence-corrected chi connectivity index (χ0v) is 11.5. The topological polar surface area (TPSA) is 55.6 Å². The van der Waals surface area contributed by atoms with Crippen molar-refractivity contribution >= 4 is 5.91 Å². The van der Waals surface area contributed by atoms with Crippen LogP contribution in [0.3, 0.4) is 0 Å². The first-order chi connectivity index (χ1) is 8.02. The molecule has 1 heterocycles. The summed E-state index contributed by atoms with van der Waals surface area (Å²) >= 11 is 0. The monoisotopic (exact) mass is 242 g/mol. The molecular weight excluding hydrogens is 216 g/mol. The normalized spacial score (nSPS) is 25.0. The summed E-state index contributed by atoms with van der Waals surface area (Å²) in [5, 5.41) is 0. The van der Waals surface area contributed by atoms with E-state index in [0.717, 1.165) is 25.9 Å². The van der Waals surface area contributed by atoms with Crippen LogP contribution in [0.5, 0.6) is 0 Å². The number of nitrogens with two attached hydrogens (primary N) is 1. The lowest BCUT2D eigenvalue weighted by molar-refractivity contribution is -0.144. The smallest absolute Gasteiger partial charge is 0.230 e. The van der Waals surface area contributed by atoms with Crippen LogP contribution in [0.1, 0.15) is 40.0 Å². The van der Waals surface area contributed by atoms with Gasteiger partial charge in [-0.15, -0.1) is 0 Å². The summed E-state index contributed by atoms with van der Waals surface area (Å²) in [6, 6.07) is 0.200. The first-order valence-corrected chi connectivity index (χ1v) is 6.61. The molecule has 1 amide bonds. The molecule has 17 heavy (non-hydrogen) atoms. The Labute approximate surface area is 104 Å². The molecule has 2 N–H and O–H groups in total. The lowest BCUT2D eigenvalue weighted by Crippen LogP contribution is -2.51. The highest BCUT2D eigenvalue weighted by Gasteiger charge is 2.40. The molecule has 0 radical (unpaired) electrons. The molecule has 0 aromatic rings. The maximum atomic E-state index is 12.6. The van der Waals surface area contributed by atoms with Crippen LogP contribution in [0.25, 0.3) is 0 Å². The standard InChI is InChI=1S/C13H26N2O2/c1-5-13(6-2,9-14)12(16)15(4)11-7-8-17-10(11)3/h10-11H,5-9,14H2,1-4H3. The summed E-state index contributed by atoms with van der Waals surface area (Å²) in [4.78, 5) is 14.4. The van der Waals surface area contributed by atoms with Gasteiger partial charge < -0.3 is 15.4 Å². The van der Waals surface area contributed by atoms with Crippen molar-refractivity contribution in [3.8, 4) is 0 Å². The van der Waals surface area contributed by atoms with Gasteiger partial charge in [-0.2, -0.15) is 0 Å². The average molecular weight is 242 g/mol. The van der Waals surface area contributed by atoms with Gasteiger partial charge in [-0.3, -0.25) is 4.79 Å². The molecule has 1 fully saturated rings. The van der Waals surface area contributed by atoms with E-state index in [2.05, 4.69) is 0 Å². The van der Waals surface area contributed by atoms with Gasteiger partial charge in [0.15, 0.2) is 0 Å². The SMILES string of the molecule is CCC(CC)(CN)C(=O)N(C)C1CCOC1C. The molecule has 0 aromatic carbocycles. The number of ether oxygens (including phenoxy) is 1. The summed E-state index contributed by atoms with van der Waals surface area (Å²) in [6.45, 7) is 7.28. The summed E-state index contributed by atoms with van der Waals surface area (Å²) < 4.78 is 5.53.